The zero-order valence-electron chi connectivity index (χ0n) is 10.5. The lowest BCUT2D eigenvalue weighted by Gasteiger charge is -2.08. The minimum Gasteiger partial charge on any atom is -0.480 e. The van der Waals surface area contributed by atoms with Gasteiger partial charge >= 0.3 is 0 Å². The highest BCUT2D eigenvalue weighted by Gasteiger charge is 2.57. The Hall–Kier alpha value is -1.65. The smallest absolute Gasteiger partial charge is 0.246 e. The van der Waals surface area contributed by atoms with Crippen LogP contribution in [0.1, 0.15) is 29.8 Å². The Balaban J connectivity index is 1.85. The summed E-state index contributed by atoms with van der Waals surface area (Å²) in [7, 11) is 3.00. The van der Waals surface area contributed by atoms with Crippen molar-refractivity contribution in [1.82, 2.24) is 9.97 Å². The standard InChI is InChI=1S/C13H16N2O3/c1-17-9-6-14-11(13(15-9)18-2)12(16)10-7-4-3-5-8(7)10/h6-8,10H,3-5H2,1-2H3. The van der Waals surface area contributed by atoms with Gasteiger partial charge in [0.05, 0.1) is 20.4 Å². The monoisotopic (exact) mass is 248 g/mol. The van der Waals surface area contributed by atoms with Gasteiger partial charge < -0.3 is 9.47 Å². The second-order valence-corrected chi connectivity index (χ2v) is 4.92. The molecule has 0 saturated heterocycles. The Morgan fingerprint density at radius 2 is 2.00 bits per heavy atom. The van der Waals surface area contributed by atoms with Gasteiger partial charge in [0.15, 0.2) is 11.5 Å². The van der Waals surface area contributed by atoms with E-state index in [0.717, 1.165) is 0 Å². The topological polar surface area (TPSA) is 61.3 Å². The van der Waals surface area contributed by atoms with E-state index < -0.39 is 0 Å². The van der Waals surface area contributed by atoms with Crippen LogP contribution < -0.4 is 9.47 Å². The summed E-state index contributed by atoms with van der Waals surface area (Å²) in [5.74, 6) is 2.01. The van der Waals surface area contributed by atoms with E-state index in [2.05, 4.69) is 9.97 Å². The summed E-state index contributed by atoms with van der Waals surface area (Å²) in [6, 6.07) is 0. The van der Waals surface area contributed by atoms with Gasteiger partial charge in [-0.05, 0) is 24.7 Å². The number of rotatable bonds is 4. The Labute approximate surface area is 106 Å². The third-order valence-electron chi connectivity index (χ3n) is 4.06. The predicted molar refractivity (Wildman–Crippen MR) is 63.8 cm³/mol. The molecule has 2 aliphatic carbocycles. The highest BCUT2D eigenvalue weighted by molar-refractivity contribution is 6.00. The molecule has 5 heteroatoms. The molecule has 2 atom stereocenters. The van der Waals surface area contributed by atoms with Crippen molar-refractivity contribution in [1.29, 1.82) is 0 Å². The lowest BCUT2D eigenvalue weighted by atomic mass is 10.1. The summed E-state index contributed by atoms with van der Waals surface area (Å²) in [5, 5.41) is 0. The van der Waals surface area contributed by atoms with Gasteiger partial charge in [-0.2, -0.15) is 4.98 Å². The van der Waals surface area contributed by atoms with Crippen LogP contribution in [0.5, 0.6) is 11.8 Å². The maximum Gasteiger partial charge on any atom is 0.246 e. The quantitative estimate of drug-likeness (QED) is 0.759. The molecule has 0 aromatic carbocycles. The number of hydrogen-bond donors (Lipinski definition) is 0. The predicted octanol–water partition coefficient (Wildman–Crippen LogP) is 1.72. The Kier molecular flexibility index (Phi) is 2.69. The highest BCUT2D eigenvalue weighted by Crippen LogP contribution is 2.58. The van der Waals surface area contributed by atoms with Crippen molar-refractivity contribution in [2.45, 2.75) is 19.3 Å². The molecule has 0 radical (unpaired) electrons. The zero-order valence-corrected chi connectivity index (χ0v) is 10.5. The van der Waals surface area contributed by atoms with Crippen LogP contribution in [-0.2, 0) is 0 Å². The number of methoxy groups -OCH3 is 2. The first-order valence-electron chi connectivity index (χ1n) is 6.25. The number of hydrogen-bond acceptors (Lipinski definition) is 5. The molecule has 0 aliphatic heterocycles. The maximum atomic E-state index is 12.4. The fourth-order valence-electron chi connectivity index (χ4n) is 3.13. The summed E-state index contributed by atoms with van der Waals surface area (Å²) in [4.78, 5) is 20.6. The molecule has 2 fully saturated rings. The van der Waals surface area contributed by atoms with Crippen molar-refractivity contribution in [3.8, 4) is 11.8 Å². The van der Waals surface area contributed by atoms with Crippen LogP contribution in [0, 0.1) is 17.8 Å². The van der Waals surface area contributed by atoms with E-state index in [1.54, 1.807) is 0 Å². The van der Waals surface area contributed by atoms with Crippen molar-refractivity contribution in [3.05, 3.63) is 11.9 Å². The fourth-order valence-corrected chi connectivity index (χ4v) is 3.13. The lowest BCUT2D eigenvalue weighted by molar-refractivity contribution is 0.0942. The number of Topliss-reactive ketones (excluding diaryl/α,β-unsaturated/α-hetero) is 1. The normalized spacial score (nSPS) is 28.7. The molecule has 0 spiro atoms. The molecule has 0 N–H and O–H groups in total. The van der Waals surface area contributed by atoms with Gasteiger partial charge in [0, 0.05) is 5.92 Å². The molecule has 5 nitrogen and oxygen atoms in total. The molecule has 3 rings (SSSR count). The van der Waals surface area contributed by atoms with E-state index in [-0.39, 0.29) is 17.6 Å². The van der Waals surface area contributed by atoms with Gasteiger partial charge in [-0.15, -0.1) is 0 Å². The Morgan fingerprint density at radius 3 is 2.61 bits per heavy atom. The fraction of sp³-hybridized carbons (Fsp3) is 0.615. The minimum absolute atomic E-state index is 0.0803. The molecule has 1 aromatic heterocycles. The van der Waals surface area contributed by atoms with Crippen molar-refractivity contribution >= 4 is 5.78 Å². The van der Waals surface area contributed by atoms with Gasteiger partial charge in [-0.3, -0.25) is 4.79 Å². The van der Waals surface area contributed by atoms with E-state index in [9.17, 15) is 4.79 Å². The van der Waals surface area contributed by atoms with E-state index in [0.29, 0.717) is 23.4 Å². The molecule has 96 valence electrons. The number of carbonyl (C=O) groups is 1. The van der Waals surface area contributed by atoms with Gasteiger partial charge in [-0.25, -0.2) is 4.98 Å². The average molecular weight is 248 g/mol. The number of ketones is 1. The van der Waals surface area contributed by atoms with Gasteiger partial charge in [0.2, 0.25) is 11.8 Å². The van der Waals surface area contributed by atoms with Crippen LogP contribution >= 0.6 is 0 Å². The molecule has 2 unspecified atom stereocenters. The van der Waals surface area contributed by atoms with Crippen LogP contribution in [0.25, 0.3) is 0 Å². The number of fused-ring (bicyclic) bond motifs is 1. The van der Waals surface area contributed by atoms with Gasteiger partial charge in [0.25, 0.3) is 0 Å². The first-order chi connectivity index (χ1) is 8.76. The molecular weight excluding hydrogens is 232 g/mol. The molecule has 0 bridgehead atoms. The zero-order chi connectivity index (χ0) is 12.7. The molecule has 0 amide bonds. The van der Waals surface area contributed by atoms with Gasteiger partial charge in [0.1, 0.15) is 0 Å². The Bertz CT molecular complexity index is 479. The number of carbonyl (C=O) groups excluding carboxylic acids is 1. The van der Waals surface area contributed by atoms with Crippen LogP contribution in [-0.4, -0.2) is 30.0 Å². The molecule has 1 aromatic rings. The van der Waals surface area contributed by atoms with Gasteiger partial charge in [-0.1, -0.05) is 6.42 Å². The SMILES string of the molecule is COc1cnc(C(=O)C2C3CCCC32)c(OC)n1. The maximum absolute atomic E-state index is 12.4. The summed E-state index contributed by atoms with van der Waals surface area (Å²) >= 11 is 0. The van der Waals surface area contributed by atoms with Crippen molar-refractivity contribution in [2.24, 2.45) is 17.8 Å². The van der Waals surface area contributed by atoms with Crippen LogP contribution in [0.4, 0.5) is 0 Å². The third kappa shape index (κ3) is 1.65. The van der Waals surface area contributed by atoms with Crippen molar-refractivity contribution in [3.63, 3.8) is 0 Å². The van der Waals surface area contributed by atoms with E-state index in [1.807, 2.05) is 0 Å². The van der Waals surface area contributed by atoms with E-state index in [1.165, 1.54) is 39.7 Å². The van der Waals surface area contributed by atoms with E-state index in [4.69, 9.17) is 9.47 Å². The third-order valence-corrected chi connectivity index (χ3v) is 4.06. The number of ether oxygens (including phenoxy) is 2. The lowest BCUT2D eigenvalue weighted by Crippen LogP contribution is -2.11. The largest absolute Gasteiger partial charge is 0.480 e. The van der Waals surface area contributed by atoms with Crippen LogP contribution in [0.15, 0.2) is 6.20 Å². The number of aromatic nitrogens is 2. The average Bonchev–Trinajstić information content (AvgIpc) is 2.89. The minimum atomic E-state index is 0.0803. The van der Waals surface area contributed by atoms with Crippen molar-refractivity contribution < 1.29 is 14.3 Å². The number of nitrogens with zero attached hydrogens (tertiary/aromatic N) is 2. The second kappa shape index (κ2) is 4.23. The first-order valence-corrected chi connectivity index (χ1v) is 6.25. The molecule has 1 heterocycles. The molecular formula is C13H16N2O3. The summed E-state index contributed by atoms with van der Waals surface area (Å²) < 4.78 is 10.1. The van der Waals surface area contributed by atoms with Crippen LogP contribution in [0.3, 0.4) is 0 Å². The van der Waals surface area contributed by atoms with E-state index >= 15 is 0 Å². The summed E-state index contributed by atoms with van der Waals surface area (Å²) in [5.41, 5.74) is 0.345. The van der Waals surface area contributed by atoms with Crippen LogP contribution in [0.2, 0.25) is 0 Å². The molecule has 18 heavy (non-hydrogen) atoms. The molecule has 2 aliphatic rings. The first kappa shape index (κ1) is 11.4. The second-order valence-electron chi connectivity index (χ2n) is 4.92. The van der Waals surface area contributed by atoms with Crippen molar-refractivity contribution in [2.75, 3.05) is 14.2 Å². The molecule has 2 saturated carbocycles. The summed E-state index contributed by atoms with van der Waals surface area (Å²) in [6.45, 7) is 0. The summed E-state index contributed by atoms with van der Waals surface area (Å²) in [6.07, 6.45) is 5.07. The highest BCUT2D eigenvalue weighted by atomic mass is 16.5. The Morgan fingerprint density at radius 1 is 1.28 bits per heavy atom.